The van der Waals surface area contributed by atoms with E-state index in [9.17, 15) is 25.1 Å². The van der Waals surface area contributed by atoms with Gasteiger partial charge in [-0.2, -0.15) is 0 Å². The van der Waals surface area contributed by atoms with Gasteiger partial charge in [-0.15, -0.1) is 0 Å². The summed E-state index contributed by atoms with van der Waals surface area (Å²) in [7, 11) is 0. The number of nitro groups is 1. The number of benzene rings is 5. The van der Waals surface area contributed by atoms with E-state index in [1.807, 2.05) is 65.6 Å². The van der Waals surface area contributed by atoms with Crippen molar-refractivity contribution in [3.8, 4) is 17.6 Å². The maximum atomic E-state index is 16.6. The van der Waals surface area contributed by atoms with Crippen LogP contribution in [0.4, 0.5) is 16.2 Å². The van der Waals surface area contributed by atoms with Gasteiger partial charge in [-0.25, -0.2) is 9.69 Å². The average Bonchev–Trinajstić information content (AvgIpc) is 3.82. The molecule has 2 N–H and O–H groups in total. The fourth-order valence-corrected chi connectivity index (χ4v) is 10.7. The Morgan fingerprint density at radius 2 is 1.45 bits per heavy atom. The minimum Gasteiger partial charge on any atom is -0.491 e. The fourth-order valence-electron chi connectivity index (χ4n) is 10.7. The number of carbonyl (C=O) groups excluding carboxylic acids is 4. The van der Waals surface area contributed by atoms with Crippen LogP contribution >= 0.6 is 0 Å². The van der Waals surface area contributed by atoms with Gasteiger partial charge in [0.25, 0.3) is 5.69 Å². The van der Waals surface area contributed by atoms with E-state index in [1.165, 1.54) is 24.3 Å². The molecule has 0 saturated carbocycles. The number of hydrogen-bond donors (Lipinski definition) is 2. The molecule has 1 spiro atoms. The summed E-state index contributed by atoms with van der Waals surface area (Å²) in [5.74, 6) is 3.08. The predicted octanol–water partition coefficient (Wildman–Crippen LogP) is 7.49. The van der Waals surface area contributed by atoms with Gasteiger partial charge >= 0.3 is 12.1 Å². The normalized spacial score (nSPS) is 23.2. The van der Waals surface area contributed by atoms with Gasteiger partial charge in [0.2, 0.25) is 11.8 Å². The Kier molecular flexibility index (Phi) is 13.9. The Morgan fingerprint density at radius 1 is 0.783 bits per heavy atom. The number of rotatable bonds is 11. The van der Waals surface area contributed by atoms with Crippen molar-refractivity contribution >= 4 is 35.3 Å². The molecule has 0 bridgehead atoms. The highest BCUT2D eigenvalue weighted by atomic mass is 16.6. The summed E-state index contributed by atoms with van der Waals surface area (Å²) >= 11 is 0. The summed E-state index contributed by atoms with van der Waals surface area (Å²) in [5.41, 5.74) is 1.05. The Balaban J connectivity index is 1.31. The molecule has 6 atom stereocenters. The monoisotopic (exact) mass is 932 g/mol. The van der Waals surface area contributed by atoms with E-state index >= 15 is 14.4 Å². The zero-order chi connectivity index (χ0) is 48.1. The average molecular weight is 933 g/mol. The van der Waals surface area contributed by atoms with Crippen molar-refractivity contribution in [3.63, 3.8) is 0 Å². The second-order valence-electron chi connectivity index (χ2n) is 17.6. The van der Waals surface area contributed by atoms with Crippen LogP contribution in [0.3, 0.4) is 0 Å². The third-order valence-electron chi connectivity index (χ3n) is 13.6. The number of amides is 3. The molecule has 0 aliphatic carbocycles. The minimum atomic E-state index is -2.04. The first-order valence-corrected chi connectivity index (χ1v) is 23.4. The van der Waals surface area contributed by atoms with Gasteiger partial charge in [-0.1, -0.05) is 104 Å². The van der Waals surface area contributed by atoms with Crippen LogP contribution in [0.5, 0.6) is 5.75 Å². The van der Waals surface area contributed by atoms with Crippen LogP contribution in [0.2, 0.25) is 0 Å². The number of fused-ring (bicyclic) bond motifs is 3. The molecule has 3 saturated heterocycles. The Labute approximate surface area is 399 Å². The van der Waals surface area contributed by atoms with E-state index in [0.717, 1.165) is 29.7 Å². The van der Waals surface area contributed by atoms with Crippen LogP contribution in [0.15, 0.2) is 127 Å². The van der Waals surface area contributed by atoms with Gasteiger partial charge in [0.15, 0.2) is 0 Å². The van der Waals surface area contributed by atoms with Crippen molar-refractivity contribution in [2.24, 2.45) is 5.92 Å². The van der Waals surface area contributed by atoms with Crippen LogP contribution < -0.4 is 9.64 Å². The molecule has 15 heteroatoms. The maximum absolute atomic E-state index is 16.6. The quantitative estimate of drug-likeness (QED) is 0.0576. The molecule has 3 fully saturated rings. The van der Waals surface area contributed by atoms with Gasteiger partial charge < -0.3 is 29.3 Å². The predicted molar refractivity (Wildman–Crippen MR) is 252 cm³/mol. The number of ether oxygens (including phenoxy) is 3. The number of imide groups is 1. The van der Waals surface area contributed by atoms with Crippen molar-refractivity contribution in [1.82, 2.24) is 9.80 Å². The molecule has 69 heavy (non-hydrogen) atoms. The molecule has 9 rings (SSSR count). The lowest BCUT2D eigenvalue weighted by molar-refractivity contribution is -0.384. The van der Waals surface area contributed by atoms with Gasteiger partial charge in [0, 0.05) is 37.2 Å². The van der Waals surface area contributed by atoms with Crippen LogP contribution in [-0.2, 0) is 35.9 Å². The Bertz CT molecular complexity index is 2750. The molecule has 0 radical (unpaired) electrons. The molecular formula is C54H52N4O11. The molecule has 5 aromatic carbocycles. The van der Waals surface area contributed by atoms with E-state index in [-0.39, 0.29) is 49.8 Å². The van der Waals surface area contributed by atoms with Crippen molar-refractivity contribution in [3.05, 3.63) is 171 Å². The maximum Gasteiger partial charge on any atom is 0.421 e. The number of hydrogen-bond acceptors (Lipinski definition) is 12. The number of aliphatic hydroxyl groups is 2. The SMILES string of the molecule is O=C1O[C@H](c2ccccc2)[C@H](c2ccccc2)N2[C@H]1[C@@H](C(=O)N1CCCCCCC1)[C@]1(C(=O)N(C(=O)OCc3ccc([N+](=O)[O-])cc3)c3ccc(C#CCCO)cc31)[C@H]2c1ccc(OCCO)cc1. The molecule has 4 aliphatic rings. The Morgan fingerprint density at radius 3 is 2.10 bits per heavy atom. The molecular weight excluding hydrogens is 881 g/mol. The number of nitrogens with zero attached hydrogens (tertiary/aromatic N) is 4. The largest absolute Gasteiger partial charge is 0.491 e. The second-order valence-corrected chi connectivity index (χ2v) is 17.6. The molecule has 5 aromatic rings. The number of esters is 1. The van der Waals surface area contributed by atoms with E-state index in [2.05, 4.69) is 11.8 Å². The van der Waals surface area contributed by atoms with Gasteiger partial charge in [-0.05, 0) is 83.1 Å². The lowest BCUT2D eigenvalue weighted by Gasteiger charge is -2.46. The fraction of sp³-hybridized carbons (Fsp3) is 0.333. The number of nitro benzene ring substituents is 1. The number of non-ortho nitro benzene ring substituents is 1. The molecule has 4 aliphatic heterocycles. The first-order valence-electron chi connectivity index (χ1n) is 23.4. The lowest BCUT2D eigenvalue weighted by atomic mass is 9.64. The number of cyclic esters (lactones) is 1. The number of anilines is 1. The number of likely N-dealkylation sites (tertiary alicyclic amines) is 1. The minimum absolute atomic E-state index is 0.0247. The van der Waals surface area contributed by atoms with E-state index in [4.69, 9.17) is 14.2 Å². The highest BCUT2D eigenvalue weighted by molar-refractivity contribution is 6.23. The Hall–Kier alpha value is -7.38. The van der Waals surface area contributed by atoms with Crippen molar-refractivity contribution < 1.29 is 48.5 Å². The zero-order valence-corrected chi connectivity index (χ0v) is 37.9. The zero-order valence-electron chi connectivity index (χ0n) is 37.9. The topological polar surface area (TPSA) is 189 Å². The standard InChI is InChI=1S/C54H52N4O11/c59-31-13-10-14-36-21-28-44-43(34-36)54(52(63)56(44)53(64)68-35-37-19-24-41(25-20-37)58(65)66)45(50(61)55-29-11-2-1-3-12-30-55)47-51(62)69-48(39-17-8-5-9-18-39)46(38-15-6-4-7-16-38)57(47)49(54)40-22-26-42(27-23-40)67-33-32-60/h4-9,15-28,34,45-49,59-60H,1-3,11-13,29-33,35H2/t45-,46-,47-,48+,49+,54-/m0/s1. The molecule has 0 aromatic heterocycles. The van der Waals surface area contributed by atoms with Crippen LogP contribution in [-0.4, -0.2) is 87.8 Å². The lowest BCUT2D eigenvalue weighted by Crippen LogP contribution is -2.56. The number of aliphatic hydroxyl groups excluding tert-OH is 2. The third-order valence-corrected chi connectivity index (χ3v) is 13.6. The molecule has 0 unspecified atom stereocenters. The molecule has 354 valence electrons. The summed E-state index contributed by atoms with van der Waals surface area (Å²) in [4.78, 5) is 78.6. The van der Waals surface area contributed by atoms with Crippen molar-refractivity contribution in [2.75, 3.05) is 37.8 Å². The van der Waals surface area contributed by atoms with Crippen LogP contribution in [0.1, 0.15) is 90.1 Å². The molecule has 15 nitrogen and oxygen atoms in total. The number of carbonyl (C=O) groups is 4. The third kappa shape index (κ3) is 8.83. The summed E-state index contributed by atoms with van der Waals surface area (Å²) in [5, 5.41) is 30.7. The summed E-state index contributed by atoms with van der Waals surface area (Å²) in [6.07, 6.45) is 2.40. The van der Waals surface area contributed by atoms with Crippen LogP contribution in [0.25, 0.3) is 0 Å². The van der Waals surface area contributed by atoms with E-state index < -0.39 is 64.4 Å². The highest BCUT2D eigenvalue weighted by Gasteiger charge is 2.76. The molecule has 4 heterocycles. The van der Waals surface area contributed by atoms with Crippen molar-refractivity contribution in [2.45, 2.75) is 74.8 Å². The molecule has 3 amide bonds. The van der Waals surface area contributed by atoms with E-state index in [1.54, 1.807) is 47.4 Å². The summed E-state index contributed by atoms with van der Waals surface area (Å²) in [6, 6.07) is 33.0. The summed E-state index contributed by atoms with van der Waals surface area (Å²) < 4.78 is 18.3. The van der Waals surface area contributed by atoms with E-state index in [0.29, 0.717) is 53.9 Å². The highest BCUT2D eigenvalue weighted by Crippen LogP contribution is 2.66. The number of morpholine rings is 1. The van der Waals surface area contributed by atoms with Crippen molar-refractivity contribution in [1.29, 1.82) is 0 Å². The van der Waals surface area contributed by atoms with Gasteiger partial charge in [0.1, 0.15) is 36.5 Å². The van der Waals surface area contributed by atoms with Gasteiger partial charge in [-0.3, -0.25) is 29.4 Å². The van der Waals surface area contributed by atoms with Gasteiger partial charge in [0.05, 0.1) is 41.8 Å². The first kappa shape index (κ1) is 46.7. The smallest absolute Gasteiger partial charge is 0.421 e. The first-order chi connectivity index (χ1) is 33.7. The van der Waals surface area contributed by atoms with Crippen LogP contribution in [0, 0.1) is 27.9 Å². The second kappa shape index (κ2) is 20.5. The summed E-state index contributed by atoms with van der Waals surface area (Å²) in [6.45, 7) is 0.0329.